The zero-order valence-corrected chi connectivity index (χ0v) is 15.6. The molecule has 1 heterocycles. The van der Waals surface area contributed by atoms with Gasteiger partial charge in [0.2, 0.25) is 0 Å². The first-order valence-electron chi connectivity index (χ1n) is 8.90. The van der Waals surface area contributed by atoms with E-state index in [2.05, 4.69) is 10.4 Å². The number of nitrogens with one attached hydrogen (secondary N) is 1. The van der Waals surface area contributed by atoms with Crippen molar-refractivity contribution in [1.29, 1.82) is 0 Å². The van der Waals surface area contributed by atoms with Crippen molar-refractivity contribution in [2.75, 3.05) is 27.4 Å². The van der Waals surface area contributed by atoms with Crippen LogP contribution in [0.25, 0.3) is 5.69 Å². The average molecular weight is 397 g/mol. The summed E-state index contributed by atoms with van der Waals surface area (Å²) in [4.78, 5) is 12.7. The molecule has 28 heavy (non-hydrogen) atoms. The zero-order valence-electron chi connectivity index (χ0n) is 15.6. The minimum absolute atomic E-state index is 0.106. The van der Waals surface area contributed by atoms with E-state index in [4.69, 9.17) is 9.47 Å². The van der Waals surface area contributed by atoms with Crippen molar-refractivity contribution >= 4 is 5.91 Å². The smallest absolute Gasteiger partial charge is 0.382 e. The lowest BCUT2D eigenvalue weighted by Crippen LogP contribution is -2.35. The molecule has 0 bridgehead atoms. The van der Waals surface area contributed by atoms with Crippen molar-refractivity contribution in [3.8, 4) is 5.69 Å². The summed E-state index contributed by atoms with van der Waals surface area (Å²) in [6.07, 6.45) is -1.59. The molecule has 2 aromatic rings. The number of alkyl halides is 3. The maximum atomic E-state index is 13.0. The van der Waals surface area contributed by atoms with Gasteiger partial charge in [-0.25, -0.2) is 4.68 Å². The van der Waals surface area contributed by atoms with E-state index in [1.165, 1.54) is 31.2 Å². The third kappa shape index (κ3) is 4.53. The summed E-state index contributed by atoms with van der Waals surface area (Å²) in [7, 11) is 3.06. The molecule has 9 heteroatoms. The van der Waals surface area contributed by atoms with E-state index in [0.717, 1.165) is 25.0 Å². The summed E-state index contributed by atoms with van der Waals surface area (Å²) in [5.41, 5.74) is 0.533. The fourth-order valence-corrected chi connectivity index (χ4v) is 3.00. The Hall–Kier alpha value is -2.39. The van der Waals surface area contributed by atoms with E-state index in [1.54, 1.807) is 6.07 Å². The second kappa shape index (κ2) is 8.32. The van der Waals surface area contributed by atoms with Gasteiger partial charge in [0.15, 0.2) is 0 Å². The summed E-state index contributed by atoms with van der Waals surface area (Å²) in [5, 5.41) is 6.99. The van der Waals surface area contributed by atoms with Crippen LogP contribution in [0.3, 0.4) is 0 Å². The Labute approximate surface area is 160 Å². The molecule has 0 spiro atoms. The van der Waals surface area contributed by atoms with E-state index < -0.39 is 11.7 Å². The molecule has 6 nitrogen and oxygen atoms in total. The summed E-state index contributed by atoms with van der Waals surface area (Å²) in [6, 6.07) is 4.94. The van der Waals surface area contributed by atoms with Crippen LogP contribution in [0.1, 0.15) is 40.4 Å². The molecule has 1 aromatic heterocycles. The van der Waals surface area contributed by atoms with E-state index in [1.807, 2.05) is 0 Å². The fourth-order valence-electron chi connectivity index (χ4n) is 3.00. The highest BCUT2D eigenvalue weighted by atomic mass is 19.4. The molecule has 1 aliphatic rings. The van der Waals surface area contributed by atoms with E-state index in [0.29, 0.717) is 17.9 Å². The van der Waals surface area contributed by atoms with E-state index in [-0.39, 0.29) is 30.2 Å². The number of carbonyl (C=O) groups excluding carboxylic acids is 1. The first kappa shape index (κ1) is 20.3. The van der Waals surface area contributed by atoms with Crippen LogP contribution < -0.4 is 5.32 Å². The topological polar surface area (TPSA) is 65.4 Å². The predicted molar refractivity (Wildman–Crippen MR) is 95.5 cm³/mol. The summed E-state index contributed by atoms with van der Waals surface area (Å²) < 4.78 is 50.8. The van der Waals surface area contributed by atoms with Gasteiger partial charge < -0.3 is 14.8 Å². The molecule has 1 saturated carbocycles. The van der Waals surface area contributed by atoms with Gasteiger partial charge in [-0.1, -0.05) is 6.07 Å². The first-order valence-corrected chi connectivity index (χ1v) is 8.90. The molecule has 152 valence electrons. The van der Waals surface area contributed by atoms with Crippen molar-refractivity contribution in [2.45, 2.75) is 31.0 Å². The fraction of sp³-hybridized carbons (Fsp3) is 0.474. The van der Waals surface area contributed by atoms with Crippen molar-refractivity contribution < 1.29 is 27.4 Å². The minimum Gasteiger partial charge on any atom is -0.382 e. The van der Waals surface area contributed by atoms with Crippen molar-refractivity contribution in [3.63, 3.8) is 0 Å². The number of ether oxygens (including phenoxy) is 2. The average Bonchev–Trinajstić information content (AvgIpc) is 3.42. The first-order chi connectivity index (χ1) is 13.3. The standard InChI is InChI=1S/C19H22F3N3O3/c1-27-11-15(28-2)9-23-18(26)16-10-24-25(17(16)12-6-7-12)14-5-3-4-13(8-14)19(20,21)22/h3-5,8,10,12,15H,6-7,9,11H2,1-2H3,(H,23,26)/t15-/m0/s1. The molecule has 1 amide bonds. The van der Waals surface area contributed by atoms with Crippen LogP contribution in [0.2, 0.25) is 0 Å². The van der Waals surface area contributed by atoms with E-state index in [9.17, 15) is 18.0 Å². The number of hydrogen-bond acceptors (Lipinski definition) is 4. The number of nitrogens with zero attached hydrogens (tertiary/aromatic N) is 2. The predicted octanol–water partition coefficient (Wildman–Crippen LogP) is 3.16. The molecular weight excluding hydrogens is 375 g/mol. The number of carbonyl (C=O) groups is 1. The summed E-state index contributed by atoms with van der Waals surface area (Å²) >= 11 is 0. The second-order valence-corrected chi connectivity index (χ2v) is 6.70. The van der Waals surface area contributed by atoms with Gasteiger partial charge in [-0.15, -0.1) is 0 Å². The Morgan fingerprint density at radius 2 is 2.11 bits per heavy atom. The Kier molecular flexibility index (Phi) is 6.04. The highest BCUT2D eigenvalue weighted by molar-refractivity contribution is 5.95. The molecular formula is C19H22F3N3O3. The molecule has 1 N–H and O–H groups in total. The van der Waals surface area contributed by atoms with Crippen molar-refractivity contribution in [1.82, 2.24) is 15.1 Å². The van der Waals surface area contributed by atoms with Gasteiger partial charge in [0, 0.05) is 26.7 Å². The SMILES string of the molecule is COC[C@H](CNC(=O)c1cnn(-c2cccc(C(F)(F)F)c2)c1C1CC1)OC. The van der Waals surface area contributed by atoms with Gasteiger partial charge in [-0.05, 0) is 31.0 Å². The molecule has 1 atom stereocenters. The van der Waals surface area contributed by atoms with Gasteiger partial charge in [0.25, 0.3) is 5.91 Å². The van der Waals surface area contributed by atoms with Gasteiger partial charge in [0.1, 0.15) is 0 Å². The van der Waals surface area contributed by atoms with Gasteiger partial charge in [-0.2, -0.15) is 18.3 Å². The molecule has 0 radical (unpaired) electrons. The molecule has 0 saturated heterocycles. The Morgan fingerprint density at radius 3 is 2.71 bits per heavy atom. The lowest BCUT2D eigenvalue weighted by atomic mass is 10.1. The number of amides is 1. The van der Waals surface area contributed by atoms with Crippen LogP contribution >= 0.6 is 0 Å². The van der Waals surface area contributed by atoms with Crippen molar-refractivity contribution in [3.05, 3.63) is 47.3 Å². The van der Waals surface area contributed by atoms with E-state index >= 15 is 0 Å². The monoisotopic (exact) mass is 397 g/mol. The van der Waals surface area contributed by atoms with Crippen LogP contribution in [-0.4, -0.2) is 49.2 Å². The quantitative estimate of drug-likeness (QED) is 0.743. The van der Waals surface area contributed by atoms with Crippen molar-refractivity contribution in [2.24, 2.45) is 0 Å². The normalized spacial score (nSPS) is 15.5. The van der Waals surface area contributed by atoms with Crippen LogP contribution in [0.4, 0.5) is 13.2 Å². The molecule has 1 aromatic carbocycles. The maximum absolute atomic E-state index is 13.0. The van der Waals surface area contributed by atoms with Gasteiger partial charge in [0.05, 0.1) is 41.4 Å². The number of benzene rings is 1. The minimum atomic E-state index is -4.44. The van der Waals surface area contributed by atoms with Gasteiger partial charge >= 0.3 is 6.18 Å². The lowest BCUT2D eigenvalue weighted by Gasteiger charge is -2.15. The molecule has 0 aliphatic heterocycles. The highest BCUT2D eigenvalue weighted by Crippen LogP contribution is 2.42. The van der Waals surface area contributed by atoms with Crippen LogP contribution in [0.5, 0.6) is 0 Å². The van der Waals surface area contributed by atoms with Gasteiger partial charge in [-0.3, -0.25) is 4.79 Å². The molecule has 3 rings (SSSR count). The maximum Gasteiger partial charge on any atom is 0.416 e. The Bertz CT molecular complexity index is 831. The zero-order chi connectivity index (χ0) is 20.3. The second-order valence-electron chi connectivity index (χ2n) is 6.70. The summed E-state index contributed by atoms with van der Waals surface area (Å²) in [5.74, 6) is -0.228. The van der Waals surface area contributed by atoms with Crippen LogP contribution in [-0.2, 0) is 15.7 Å². The largest absolute Gasteiger partial charge is 0.416 e. The highest BCUT2D eigenvalue weighted by Gasteiger charge is 2.34. The third-order valence-corrected chi connectivity index (χ3v) is 4.61. The molecule has 0 unspecified atom stereocenters. The lowest BCUT2D eigenvalue weighted by molar-refractivity contribution is -0.137. The Balaban J connectivity index is 1.86. The molecule has 1 aliphatic carbocycles. The Morgan fingerprint density at radius 1 is 1.36 bits per heavy atom. The van der Waals surface area contributed by atoms with Crippen LogP contribution in [0.15, 0.2) is 30.5 Å². The number of halogens is 3. The molecule has 1 fully saturated rings. The number of methoxy groups -OCH3 is 2. The van der Waals surface area contributed by atoms with Crippen LogP contribution in [0, 0.1) is 0 Å². The number of hydrogen-bond donors (Lipinski definition) is 1. The number of rotatable bonds is 8. The summed E-state index contributed by atoms with van der Waals surface area (Å²) in [6.45, 7) is 0.581. The number of aromatic nitrogens is 2. The third-order valence-electron chi connectivity index (χ3n) is 4.61.